The van der Waals surface area contributed by atoms with Crippen LogP contribution in [0.4, 0.5) is 0 Å². The summed E-state index contributed by atoms with van der Waals surface area (Å²) >= 11 is 0. The van der Waals surface area contributed by atoms with Crippen molar-refractivity contribution in [2.75, 3.05) is 32.9 Å². The van der Waals surface area contributed by atoms with E-state index in [9.17, 15) is 0 Å². The molecule has 18 heavy (non-hydrogen) atoms. The van der Waals surface area contributed by atoms with Crippen LogP contribution in [0.5, 0.6) is 0 Å². The molecule has 1 aliphatic heterocycles. The van der Waals surface area contributed by atoms with Gasteiger partial charge >= 0.3 is 0 Å². The summed E-state index contributed by atoms with van der Waals surface area (Å²) in [7, 11) is 0. The maximum Gasteiger partial charge on any atom is 0.0809 e. The predicted octanol–water partition coefficient (Wildman–Crippen LogP) is 2.99. The van der Waals surface area contributed by atoms with Crippen molar-refractivity contribution in [3.8, 4) is 0 Å². The van der Waals surface area contributed by atoms with Crippen LogP contribution in [-0.2, 0) is 9.47 Å². The van der Waals surface area contributed by atoms with E-state index in [-0.39, 0.29) is 0 Å². The Morgan fingerprint density at radius 3 is 2.78 bits per heavy atom. The van der Waals surface area contributed by atoms with Crippen LogP contribution in [0, 0.1) is 5.92 Å². The van der Waals surface area contributed by atoms with Crippen molar-refractivity contribution >= 4 is 0 Å². The van der Waals surface area contributed by atoms with Gasteiger partial charge in [0.1, 0.15) is 0 Å². The second-order valence-corrected chi connectivity index (χ2v) is 5.72. The first-order valence-electron chi connectivity index (χ1n) is 7.69. The van der Waals surface area contributed by atoms with Gasteiger partial charge in [-0.15, -0.1) is 0 Å². The van der Waals surface area contributed by atoms with Crippen molar-refractivity contribution in [2.45, 2.75) is 58.5 Å². The molecule has 0 bridgehead atoms. The minimum atomic E-state index is 0.380. The summed E-state index contributed by atoms with van der Waals surface area (Å²) in [5.74, 6) is 0.760. The van der Waals surface area contributed by atoms with E-state index in [1.165, 1.54) is 38.5 Å². The molecule has 1 N–H and O–H groups in total. The van der Waals surface area contributed by atoms with Gasteiger partial charge in [0.2, 0.25) is 0 Å². The van der Waals surface area contributed by atoms with Gasteiger partial charge < -0.3 is 14.8 Å². The van der Waals surface area contributed by atoms with Crippen molar-refractivity contribution in [1.82, 2.24) is 5.32 Å². The molecule has 1 saturated heterocycles. The van der Waals surface area contributed by atoms with Crippen molar-refractivity contribution in [3.05, 3.63) is 0 Å². The van der Waals surface area contributed by atoms with Crippen molar-refractivity contribution in [3.63, 3.8) is 0 Å². The Hall–Kier alpha value is -0.120. The van der Waals surface area contributed by atoms with Gasteiger partial charge in [-0.05, 0) is 44.7 Å². The first kappa shape index (κ1) is 15.9. The highest BCUT2D eigenvalue weighted by atomic mass is 16.5. The van der Waals surface area contributed by atoms with E-state index in [0.29, 0.717) is 6.10 Å². The van der Waals surface area contributed by atoms with Crippen LogP contribution in [0.1, 0.15) is 52.4 Å². The van der Waals surface area contributed by atoms with Gasteiger partial charge in [-0.2, -0.15) is 0 Å². The zero-order valence-corrected chi connectivity index (χ0v) is 12.2. The summed E-state index contributed by atoms with van der Waals surface area (Å²) in [4.78, 5) is 0. The molecule has 0 aromatic heterocycles. The molecule has 1 atom stereocenters. The van der Waals surface area contributed by atoms with Crippen LogP contribution in [0.3, 0.4) is 0 Å². The lowest BCUT2D eigenvalue weighted by Gasteiger charge is -2.10. The minimum Gasteiger partial charge on any atom is -0.379 e. The van der Waals surface area contributed by atoms with Gasteiger partial charge in [0.15, 0.2) is 0 Å². The lowest BCUT2D eigenvalue weighted by atomic mass is 10.2. The average molecular weight is 257 g/mol. The zero-order valence-electron chi connectivity index (χ0n) is 12.2. The fourth-order valence-electron chi connectivity index (χ4n) is 2.19. The molecule has 108 valence electrons. The molecule has 0 aromatic carbocycles. The normalized spacial score (nSPS) is 19.8. The minimum absolute atomic E-state index is 0.380. The standard InChI is InChI=1S/C15H31NO2/c1-14(2)12-16-9-5-3-4-6-10-17-13-15-8-7-11-18-15/h14-16H,3-13H2,1-2H3. The number of hydrogen-bond donors (Lipinski definition) is 1. The zero-order chi connectivity index (χ0) is 13.1. The third-order valence-corrected chi connectivity index (χ3v) is 3.27. The van der Waals surface area contributed by atoms with Crippen LogP contribution in [-0.4, -0.2) is 39.0 Å². The summed E-state index contributed by atoms with van der Waals surface area (Å²) in [5.41, 5.74) is 0. The quantitative estimate of drug-likeness (QED) is 0.577. The number of unbranched alkanes of at least 4 members (excludes halogenated alkanes) is 3. The van der Waals surface area contributed by atoms with E-state index >= 15 is 0 Å². The highest BCUT2D eigenvalue weighted by molar-refractivity contribution is 4.63. The molecule has 1 rings (SSSR count). The lowest BCUT2D eigenvalue weighted by Crippen LogP contribution is -2.20. The summed E-state index contributed by atoms with van der Waals surface area (Å²) in [6, 6.07) is 0. The molecule has 0 aliphatic carbocycles. The molecule has 0 amide bonds. The second kappa shape index (κ2) is 10.8. The SMILES string of the molecule is CC(C)CNCCCCCCOCC1CCCO1. The fraction of sp³-hybridized carbons (Fsp3) is 1.00. The third-order valence-electron chi connectivity index (χ3n) is 3.27. The molecule has 1 fully saturated rings. The van der Waals surface area contributed by atoms with Crippen LogP contribution in [0.25, 0.3) is 0 Å². The fourth-order valence-corrected chi connectivity index (χ4v) is 2.19. The first-order chi connectivity index (χ1) is 8.79. The maximum atomic E-state index is 5.64. The summed E-state index contributed by atoms with van der Waals surface area (Å²) in [5, 5.41) is 3.48. The van der Waals surface area contributed by atoms with Gasteiger partial charge in [-0.3, -0.25) is 0 Å². The Kier molecular flexibility index (Phi) is 9.54. The Morgan fingerprint density at radius 2 is 2.06 bits per heavy atom. The Balaban J connectivity index is 1.70. The molecule has 1 aliphatic rings. The Morgan fingerprint density at radius 1 is 1.22 bits per heavy atom. The van der Waals surface area contributed by atoms with Gasteiger partial charge in [-0.25, -0.2) is 0 Å². The summed E-state index contributed by atoms with van der Waals surface area (Å²) in [6.45, 7) is 9.43. The van der Waals surface area contributed by atoms with E-state index in [1.807, 2.05) is 0 Å². The average Bonchev–Trinajstić information content (AvgIpc) is 2.84. The van der Waals surface area contributed by atoms with E-state index in [4.69, 9.17) is 9.47 Å². The smallest absolute Gasteiger partial charge is 0.0809 e. The highest BCUT2D eigenvalue weighted by Gasteiger charge is 2.14. The topological polar surface area (TPSA) is 30.5 Å². The number of nitrogens with one attached hydrogen (secondary N) is 1. The van der Waals surface area contributed by atoms with Gasteiger partial charge in [0, 0.05) is 13.2 Å². The predicted molar refractivity (Wildman–Crippen MR) is 76.0 cm³/mol. The first-order valence-corrected chi connectivity index (χ1v) is 7.69. The molecule has 0 spiro atoms. The van der Waals surface area contributed by atoms with Crippen molar-refractivity contribution in [2.24, 2.45) is 5.92 Å². The molecule has 0 saturated carbocycles. The molecule has 0 radical (unpaired) electrons. The van der Waals surface area contributed by atoms with Gasteiger partial charge in [0.05, 0.1) is 12.7 Å². The van der Waals surface area contributed by atoms with Crippen LogP contribution >= 0.6 is 0 Å². The lowest BCUT2D eigenvalue weighted by molar-refractivity contribution is 0.0161. The molecular weight excluding hydrogens is 226 g/mol. The Bertz CT molecular complexity index is 179. The maximum absolute atomic E-state index is 5.64. The van der Waals surface area contributed by atoms with E-state index in [2.05, 4.69) is 19.2 Å². The van der Waals surface area contributed by atoms with E-state index in [0.717, 1.165) is 38.8 Å². The number of hydrogen-bond acceptors (Lipinski definition) is 3. The number of ether oxygens (including phenoxy) is 2. The van der Waals surface area contributed by atoms with Crippen LogP contribution in [0.15, 0.2) is 0 Å². The van der Waals surface area contributed by atoms with Crippen LogP contribution < -0.4 is 5.32 Å². The van der Waals surface area contributed by atoms with Crippen LogP contribution in [0.2, 0.25) is 0 Å². The molecule has 1 heterocycles. The number of rotatable bonds is 11. The summed E-state index contributed by atoms with van der Waals surface area (Å²) in [6.07, 6.45) is 7.85. The van der Waals surface area contributed by atoms with Gasteiger partial charge in [-0.1, -0.05) is 26.7 Å². The Labute approximate surface area is 113 Å². The molecular formula is C15H31NO2. The second-order valence-electron chi connectivity index (χ2n) is 5.72. The van der Waals surface area contributed by atoms with Crippen molar-refractivity contribution < 1.29 is 9.47 Å². The third kappa shape index (κ3) is 8.90. The molecule has 0 aromatic rings. The monoisotopic (exact) mass is 257 g/mol. The molecule has 3 nitrogen and oxygen atoms in total. The molecule has 3 heteroatoms. The molecule has 1 unspecified atom stereocenters. The van der Waals surface area contributed by atoms with E-state index < -0.39 is 0 Å². The van der Waals surface area contributed by atoms with Gasteiger partial charge in [0.25, 0.3) is 0 Å². The largest absolute Gasteiger partial charge is 0.379 e. The van der Waals surface area contributed by atoms with Crippen molar-refractivity contribution in [1.29, 1.82) is 0 Å². The van der Waals surface area contributed by atoms with E-state index in [1.54, 1.807) is 0 Å². The summed E-state index contributed by atoms with van der Waals surface area (Å²) < 4.78 is 11.1. The highest BCUT2D eigenvalue weighted by Crippen LogP contribution is 2.12.